The van der Waals surface area contributed by atoms with E-state index in [1.807, 2.05) is 19.9 Å². The first-order valence-electron chi connectivity index (χ1n) is 7.63. The van der Waals surface area contributed by atoms with Crippen LogP contribution in [0.1, 0.15) is 42.4 Å². The molecule has 0 spiro atoms. The molecule has 0 bridgehead atoms. The van der Waals surface area contributed by atoms with Gasteiger partial charge in [-0.1, -0.05) is 12.5 Å². The number of esters is 1. The molecule has 0 heterocycles. The number of aryl methyl sites for hydroxylation is 3. The summed E-state index contributed by atoms with van der Waals surface area (Å²) in [7, 11) is 1.39. The Kier molecular flexibility index (Phi) is 7.43. The highest BCUT2D eigenvalue weighted by Crippen LogP contribution is 2.19. The van der Waals surface area contributed by atoms with Gasteiger partial charge in [0, 0.05) is 18.7 Å². The fraction of sp³-hybridized carbons (Fsp3) is 0.529. The number of unbranched alkanes of at least 4 members (excludes halogenated alkanes) is 2. The average molecular weight is 306 g/mol. The fourth-order valence-electron chi connectivity index (χ4n) is 2.14. The van der Waals surface area contributed by atoms with Crippen LogP contribution in [0, 0.1) is 20.8 Å². The van der Waals surface area contributed by atoms with Crippen LogP contribution in [0.15, 0.2) is 12.1 Å². The number of nitrogens with one attached hydrogen (secondary N) is 2. The first-order chi connectivity index (χ1) is 10.4. The highest BCUT2D eigenvalue weighted by molar-refractivity contribution is 5.90. The molecule has 5 nitrogen and oxygen atoms in total. The number of rotatable bonds is 7. The van der Waals surface area contributed by atoms with Gasteiger partial charge in [-0.3, -0.25) is 4.79 Å². The molecule has 0 saturated carbocycles. The second-order valence-electron chi connectivity index (χ2n) is 5.52. The summed E-state index contributed by atoms with van der Waals surface area (Å²) >= 11 is 0. The molecular weight excluding hydrogens is 280 g/mol. The van der Waals surface area contributed by atoms with E-state index in [0.29, 0.717) is 13.0 Å². The highest BCUT2D eigenvalue weighted by atomic mass is 16.5. The minimum Gasteiger partial charge on any atom is -0.469 e. The predicted molar refractivity (Wildman–Crippen MR) is 88.2 cm³/mol. The van der Waals surface area contributed by atoms with Gasteiger partial charge in [-0.2, -0.15) is 0 Å². The Morgan fingerprint density at radius 3 is 2.36 bits per heavy atom. The van der Waals surface area contributed by atoms with Gasteiger partial charge in [-0.25, -0.2) is 4.79 Å². The predicted octanol–water partition coefficient (Wildman–Crippen LogP) is 3.47. The molecule has 1 aromatic rings. The Balaban J connectivity index is 2.27. The molecule has 0 atom stereocenters. The van der Waals surface area contributed by atoms with Crippen LogP contribution in [0.5, 0.6) is 0 Å². The zero-order valence-corrected chi connectivity index (χ0v) is 13.9. The van der Waals surface area contributed by atoms with Crippen LogP contribution in [0.4, 0.5) is 10.5 Å². The van der Waals surface area contributed by atoms with Crippen LogP contribution in [0.2, 0.25) is 0 Å². The minimum atomic E-state index is -0.195. The zero-order chi connectivity index (χ0) is 16.5. The molecule has 0 fully saturated rings. The molecule has 1 aromatic carbocycles. The molecule has 2 amide bonds. The van der Waals surface area contributed by atoms with Crippen molar-refractivity contribution in [2.75, 3.05) is 19.0 Å². The van der Waals surface area contributed by atoms with Crippen molar-refractivity contribution in [1.82, 2.24) is 5.32 Å². The second kappa shape index (κ2) is 9.07. The van der Waals surface area contributed by atoms with Gasteiger partial charge in [0.2, 0.25) is 0 Å². The molecule has 122 valence electrons. The van der Waals surface area contributed by atoms with Crippen molar-refractivity contribution >= 4 is 17.7 Å². The van der Waals surface area contributed by atoms with Crippen molar-refractivity contribution in [1.29, 1.82) is 0 Å². The molecule has 0 aromatic heterocycles. The van der Waals surface area contributed by atoms with E-state index in [-0.39, 0.29) is 12.0 Å². The topological polar surface area (TPSA) is 67.4 Å². The van der Waals surface area contributed by atoms with Crippen molar-refractivity contribution in [3.63, 3.8) is 0 Å². The normalized spacial score (nSPS) is 10.2. The van der Waals surface area contributed by atoms with Gasteiger partial charge in [0.05, 0.1) is 7.11 Å². The SMILES string of the molecule is COC(=O)CCCCCNC(=O)Nc1cc(C)c(C)cc1C. The van der Waals surface area contributed by atoms with Gasteiger partial charge >= 0.3 is 12.0 Å². The van der Waals surface area contributed by atoms with Gasteiger partial charge in [0.1, 0.15) is 0 Å². The lowest BCUT2D eigenvalue weighted by Crippen LogP contribution is -2.29. The van der Waals surface area contributed by atoms with Crippen LogP contribution >= 0.6 is 0 Å². The first-order valence-corrected chi connectivity index (χ1v) is 7.63. The van der Waals surface area contributed by atoms with E-state index in [9.17, 15) is 9.59 Å². The first kappa shape index (κ1) is 18.0. The third kappa shape index (κ3) is 6.16. The Morgan fingerprint density at radius 1 is 1.00 bits per heavy atom. The molecule has 0 radical (unpaired) electrons. The molecule has 0 aliphatic heterocycles. The van der Waals surface area contributed by atoms with E-state index in [4.69, 9.17) is 0 Å². The number of anilines is 1. The molecule has 0 saturated heterocycles. The van der Waals surface area contributed by atoms with E-state index >= 15 is 0 Å². The second-order valence-corrected chi connectivity index (χ2v) is 5.52. The van der Waals surface area contributed by atoms with E-state index < -0.39 is 0 Å². The maximum absolute atomic E-state index is 11.9. The highest BCUT2D eigenvalue weighted by Gasteiger charge is 2.06. The monoisotopic (exact) mass is 306 g/mol. The van der Waals surface area contributed by atoms with Crippen LogP contribution < -0.4 is 10.6 Å². The summed E-state index contributed by atoms with van der Waals surface area (Å²) in [5, 5.41) is 5.70. The third-order valence-electron chi connectivity index (χ3n) is 3.66. The standard InChI is InChI=1S/C17H26N2O3/c1-12-10-14(3)15(11-13(12)2)19-17(21)18-9-7-5-6-8-16(20)22-4/h10-11H,5-9H2,1-4H3,(H2,18,19,21). The van der Waals surface area contributed by atoms with Crippen molar-refractivity contribution in [2.45, 2.75) is 46.5 Å². The Morgan fingerprint density at radius 2 is 1.68 bits per heavy atom. The Hall–Kier alpha value is -2.04. The van der Waals surface area contributed by atoms with E-state index in [0.717, 1.165) is 36.1 Å². The number of amides is 2. The third-order valence-corrected chi connectivity index (χ3v) is 3.66. The van der Waals surface area contributed by atoms with E-state index in [2.05, 4.69) is 28.4 Å². The summed E-state index contributed by atoms with van der Waals surface area (Å²) in [6.45, 7) is 6.66. The van der Waals surface area contributed by atoms with Gasteiger partial charge in [-0.15, -0.1) is 0 Å². The van der Waals surface area contributed by atoms with Gasteiger partial charge in [-0.05, 0) is 56.4 Å². The number of benzene rings is 1. The number of hydrogen-bond donors (Lipinski definition) is 2. The molecule has 2 N–H and O–H groups in total. The quantitative estimate of drug-likeness (QED) is 0.599. The maximum atomic E-state index is 11.9. The number of carbonyl (C=O) groups excluding carboxylic acids is 2. The van der Waals surface area contributed by atoms with Crippen LogP contribution in [0.25, 0.3) is 0 Å². The Bertz CT molecular complexity index is 527. The van der Waals surface area contributed by atoms with E-state index in [1.54, 1.807) is 0 Å². The van der Waals surface area contributed by atoms with Crippen LogP contribution in [-0.4, -0.2) is 25.7 Å². The summed E-state index contributed by atoms with van der Waals surface area (Å²) in [6.07, 6.45) is 2.95. The fourth-order valence-corrected chi connectivity index (χ4v) is 2.14. The largest absolute Gasteiger partial charge is 0.469 e. The Labute approximate surface area is 132 Å². The maximum Gasteiger partial charge on any atom is 0.319 e. The van der Waals surface area contributed by atoms with E-state index in [1.165, 1.54) is 12.7 Å². The summed E-state index contributed by atoms with van der Waals surface area (Å²) < 4.78 is 4.57. The van der Waals surface area contributed by atoms with Crippen molar-refractivity contribution < 1.29 is 14.3 Å². The van der Waals surface area contributed by atoms with Gasteiger partial charge in [0.15, 0.2) is 0 Å². The number of urea groups is 1. The lowest BCUT2D eigenvalue weighted by molar-refractivity contribution is -0.140. The minimum absolute atomic E-state index is 0.184. The zero-order valence-electron chi connectivity index (χ0n) is 13.9. The van der Waals surface area contributed by atoms with Crippen molar-refractivity contribution in [3.8, 4) is 0 Å². The lowest BCUT2D eigenvalue weighted by atomic mass is 10.1. The van der Waals surface area contributed by atoms with Gasteiger partial charge in [0.25, 0.3) is 0 Å². The summed E-state index contributed by atoms with van der Waals surface area (Å²) in [5.41, 5.74) is 4.26. The molecule has 1 rings (SSSR count). The average Bonchev–Trinajstić information content (AvgIpc) is 2.48. The number of ether oxygens (including phenoxy) is 1. The molecular formula is C17H26N2O3. The summed E-state index contributed by atoms with van der Waals surface area (Å²) in [4.78, 5) is 22.8. The van der Waals surface area contributed by atoms with Crippen molar-refractivity contribution in [2.24, 2.45) is 0 Å². The molecule has 22 heavy (non-hydrogen) atoms. The molecule has 0 aliphatic rings. The summed E-state index contributed by atoms with van der Waals surface area (Å²) in [5.74, 6) is -0.184. The molecule has 0 unspecified atom stereocenters. The smallest absolute Gasteiger partial charge is 0.319 e. The lowest BCUT2D eigenvalue weighted by Gasteiger charge is -2.12. The number of hydrogen-bond acceptors (Lipinski definition) is 3. The number of carbonyl (C=O) groups is 2. The number of methoxy groups -OCH3 is 1. The molecule has 5 heteroatoms. The van der Waals surface area contributed by atoms with Crippen molar-refractivity contribution in [3.05, 3.63) is 28.8 Å². The van der Waals surface area contributed by atoms with Crippen LogP contribution in [0.3, 0.4) is 0 Å². The molecule has 0 aliphatic carbocycles. The van der Waals surface area contributed by atoms with Crippen LogP contribution in [-0.2, 0) is 9.53 Å². The summed E-state index contributed by atoms with van der Waals surface area (Å²) in [6, 6.07) is 3.86. The van der Waals surface area contributed by atoms with Gasteiger partial charge < -0.3 is 15.4 Å².